The Bertz CT molecular complexity index is 819. The maximum absolute atomic E-state index is 12.5. The normalized spacial score (nSPS) is 16.3. The van der Waals surface area contributed by atoms with Gasteiger partial charge in [0.1, 0.15) is 11.8 Å². The van der Waals surface area contributed by atoms with Crippen LogP contribution in [-0.4, -0.2) is 29.7 Å². The van der Waals surface area contributed by atoms with E-state index in [1.807, 2.05) is 60.9 Å². The summed E-state index contributed by atoms with van der Waals surface area (Å²) >= 11 is 1.68. The van der Waals surface area contributed by atoms with Gasteiger partial charge in [-0.15, -0.1) is 11.8 Å². The summed E-state index contributed by atoms with van der Waals surface area (Å²) in [4.78, 5) is 25.7. The van der Waals surface area contributed by atoms with E-state index in [0.717, 1.165) is 11.3 Å². The summed E-state index contributed by atoms with van der Waals surface area (Å²) in [5, 5.41) is 8.95. The van der Waals surface area contributed by atoms with Gasteiger partial charge in [-0.1, -0.05) is 30.3 Å². The smallest absolute Gasteiger partial charge is 0.267 e. The fourth-order valence-corrected chi connectivity index (χ4v) is 3.22. The molecule has 2 aromatic carbocycles. The molecule has 0 fully saturated rings. The molecule has 0 radical (unpaired) electrons. The minimum atomic E-state index is -0.431. The number of hydrogen-bond acceptors (Lipinski definition) is 5. The number of nitrogens with one attached hydrogen (secondary N) is 1. The molecule has 1 amide bonds. The van der Waals surface area contributed by atoms with Crippen LogP contribution >= 0.6 is 11.8 Å². The number of carbonyl (C=O) groups is 2. The van der Waals surface area contributed by atoms with Crippen LogP contribution in [0.1, 0.15) is 18.9 Å². The average Bonchev–Trinajstić information content (AvgIpc) is 3.13. The molecule has 0 aliphatic carbocycles. The molecule has 1 unspecified atom stereocenters. The van der Waals surface area contributed by atoms with Gasteiger partial charge in [-0.3, -0.25) is 14.6 Å². The summed E-state index contributed by atoms with van der Waals surface area (Å²) in [6.07, 6.45) is 2.35. The van der Waals surface area contributed by atoms with Gasteiger partial charge in [-0.2, -0.15) is 5.10 Å². The minimum Gasteiger partial charge on any atom is -0.347 e. The number of nitrogens with zero attached hydrogens (tertiary/aromatic N) is 2. The lowest BCUT2D eigenvalue weighted by molar-refractivity contribution is -0.118. The Morgan fingerprint density at radius 1 is 1.15 bits per heavy atom. The van der Waals surface area contributed by atoms with Crippen LogP contribution in [0.2, 0.25) is 0 Å². The first-order valence-electron chi connectivity index (χ1n) is 8.42. The number of rotatable bonds is 6. The summed E-state index contributed by atoms with van der Waals surface area (Å²) in [6.45, 7) is 1.97. The molecule has 2 aromatic rings. The lowest BCUT2D eigenvalue weighted by atomic mass is 10.1. The first-order chi connectivity index (χ1) is 12.6. The Morgan fingerprint density at radius 3 is 2.46 bits per heavy atom. The van der Waals surface area contributed by atoms with Gasteiger partial charge in [0.2, 0.25) is 0 Å². The van der Waals surface area contributed by atoms with Crippen LogP contribution in [0.15, 0.2) is 64.6 Å². The van der Waals surface area contributed by atoms with Gasteiger partial charge in [-0.05, 0) is 43.0 Å². The largest absolute Gasteiger partial charge is 0.347 e. The molecule has 1 atom stereocenters. The minimum absolute atomic E-state index is 0.00643. The van der Waals surface area contributed by atoms with E-state index in [4.69, 9.17) is 0 Å². The van der Waals surface area contributed by atoms with Crippen molar-refractivity contribution in [1.29, 1.82) is 0 Å². The van der Waals surface area contributed by atoms with Crippen LogP contribution in [0, 0.1) is 0 Å². The first kappa shape index (κ1) is 18.2. The highest BCUT2D eigenvalue weighted by molar-refractivity contribution is 7.98. The van der Waals surface area contributed by atoms with Crippen LogP contribution in [0.4, 0.5) is 5.69 Å². The molecule has 134 valence electrons. The van der Waals surface area contributed by atoms with Crippen molar-refractivity contribution in [2.45, 2.75) is 30.8 Å². The molecule has 0 saturated heterocycles. The first-order valence-corrected chi connectivity index (χ1v) is 9.64. The number of ketones is 1. The Morgan fingerprint density at radius 2 is 1.85 bits per heavy atom. The van der Waals surface area contributed by atoms with Gasteiger partial charge < -0.3 is 5.32 Å². The third kappa shape index (κ3) is 4.14. The highest BCUT2D eigenvalue weighted by Gasteiger charge is 2.33. The Balaban J connectivity index is 1.69. The van der Waals surface area contributed by atoms with E-state index in [9.17, 15) is 9.59 Å². The Kier molecular flexibility index (Phi) is 5.73. The number of para-hydroxylation sites is 1. The summed E-state index contributed by atoms with van der Waals surface area (Å²) < 4.78 is 0. The number of thioether (sulfide) groups is 1. The second kappa shape index (κ2) is 8.19. The number of hydrazone groups is 1. The van der Waals surface area contributed by atoms with Crippen LogP contribution in [0.25, 0.3) is 0 Å². The van der Waals surface area contributed by atoms with Crippen molar-refractivity contribution in [3.8, 4) is 0 Å². The van der Waals surface area contributed by atoms with Gasteiger partial charge in [0.25, 0.3) is 5.91 Å². The van der Waals surface area contributed by atoms with Crippen molar-refractivity contribution in [1.82, 2.24) is 5.32 Å². The number of hydrogen-bond donors (Lipinski definition) is 1. The summed E-state index contributed by atoms with van der Waals surface area (Å²) in [7, 11) is 0. The van der Waals surface area contributed by atoms with E-state index < -0.39 is 6.04 Å². The zero-order valence-corrected chi connectivity index (χ0v) is 15.6. The Hall–Kier alpha value is -2.60. The van der Waals surface area contributed by atoms with E-state index >= 15 is 0 Å². The molecule has 3 rings (SSSR count). The topological polar surface area (TPSA) is 61.8 Å². The van der Waals surface area contributed by atoms with Gasteiger partial charge >= 0.3 is 0 Å². The molecule has 26 heavy (non-hydrogen) atoms. The fraction of sp³-hybridized carbons (Fsp3) is 0.250. The highest BCUT2D eigenvalue weighted by atomic mass is 32.2. The predicted molar refractivity (Wildman–Crippen MR) is 106 cm³/mol. The lowest BCUT2D eigenvalue weighted by Gasteiger charge is -2.20. The van der Waals surface area contributed by atoms with Crippen molar-refractivity contribution >= 4 is 34.9 Å². The maximum Gasteiger partial charge on any atom is 0.267 e. The van der Waals surface area contributed by atoms with Crippen molar-refractivity contribution in [2.24, 2.45) is 5.10 Å². The number of amides is 1. The van der Waals surface area contributed by atoms with Gasteiger partial charge in [-0.25, -0.2) is 0 Å². The molecular formula is C20H21N3O2S. The summed E-state index contributed by atoms with van der Waals surface area (Å²) in [5.41, 5.74) is 2.22. The van der Waals surface area contributed by atoms with Gasteiger partial charge in [0.05, 0.1) is 5.69 Å². The monoisotopic (exact) mass is 367 g/mol. The van der Waals surface area contributed by atoms with E-state index in [1.54, 1.807) is 16.8 Å². The fourth-order valence-electron chi connectivity index (χ4n) is 2.81. The lowest BCUT2D eigenvalue weighted by Crippen LogP contribution is -2.34. The molecule has 0 saturated carbocycles. The quantitative estimate of drug-likeness (QED) is 0.796. The number of anilines is 1. The predicted octanol–water partition coefficient (Wildman–Crippen LogP) is 3.25. The molecule has 1 heterocycles. The van der Waals surface area contributed by atoms with Gasteiger partial charge in [0, 0.05) is 17.9 Å². The van der Waals surface area contributed by atoms with Crippen LogP contribution in [0.3, 0.4) is 0 Å². The van der Waals surface area contributed by atoms with Crippen molar-refractivity contribution in [3.63, 3.8) is 0 Å². The second-order valence-electron chi connectivity index (χ2n) is 6.09. The van der Waals surface area contributed by atoms with Crippen molar-refractivity contribution in [2.75, 3.05) is 11.3 Å². The molecule has 1 aliphatic rings. The van der Waals surface area contributed by atoms with Crippen LogP contribution in [-0.2, 0) is 16.1 Å². The molecule has 0 aromatic heterocycles. The number of Topliss-reactive ketones (excluding diaryl/α,β-unsaturated/α-hetero) is 1. The zero-order valence-electron chi connectivity index (χ0n) is 14.8. The molecular weight excluding hydrogens is 346 g/mol. The molecule has 0 bridgehead atoms. The molecule has 1 N–H and O–H groups in total. The maximum atomic E-state index is 12.5. The van der Waals surface area contributed by atoms with Crippen molar-refractivity contribution in [3.05, 3.63) is 60.2 Å². The van der Waals surface area contributed by atoms with Gasteiger partial charge in [0.15, 0.2) is 5.78 Å². The van der Waals surface area contributed by atoms with E-state index in [1.165, 1.54) is 11.8 Å². The Labute approximate surface area is 157 Å². The molecule has 0 spiro atoms. The number of benzene rings is 2. The molecule has 6 heteroatoms. The second-order valence-corrected chi connectivity index (χ2v) is 6.97. The van der Waals surface area contributed by atoms with Crippen LogP contribution in [0.5, 0.6) is 0 Å². The number of carbonyl (C=O) groups excluding carboxylic acids is 2. The van der Waals surface area contributed by atoms with E-state index in [2.05, 4.69) is 10.4 Å². The third-order valence-corrected chi connectivity index (χ3v) is 5.02. The average molecular weight is 367 g/mol. The van der Waals surface area contributed by atoms with Crippen LogP contribution < -0.4 is 10.3 Å². The molecule has 5 nitrogen and oxygen atoms in total. The SMILES string of the molecule is CSc1ccc(CNC(=O)C2=NN(c3ccccc3)C(C(C)=O)C2)cc1. The summed E-state index contributed by atoms with van der Waals surface area (Å²) in [5.74, 6) is -0.239. The molecule has 1 aliphatic heterocycles. The van der Waals surface area contributed by atoms with Crippen molar-refractivity contribution < 1.29 is 9.59 Å². The summed E-state index contributed by atoms with van der Waals surface area (Å²) in [6, 6.07) is 17.1. The van der Waals surface area contributed by atoms with E-state index in [0.29, 0.717) is 18.7 Å². The zero-order chi connectivity index (χ0) is 18.5. The highest BCUT2D eigenvalue weighted by Crippen LogP contribution is 2.25. The third-order valence-electron chi connectivity index (χ3n) is 4.27. The standard InChI is InChI=1S/C20H21N3O2S/c1-14(24)19-12-18(22-23(19)16-6-4-3-5-7-16)20(25)21-13-15-8-10-17(26-2)11-9-15/h3-11,19H,12-13H2,1-2H3,(H,21,25). The van der Waals surface area contributed by atoms with E-state index in [-0.39, 0.29) is 11.7 Å².